The molecule has 3 rings (SSSR count). The van der Waals surface area contributed by atoms with E-state index in [9.17, 15) is 4.79 Å². The highest BCUT2D eigenvalue weighted by molar-refractivity contribution is 6.25. The molecule has 0 unspecified atom stereocenters. The van der Waals surface area contributed by atoms with Crippen molar-refractivity contribution >= 4 is 17.2 Å². The summed E-state index contributed by atoms with van der Waals surface area (Å²) < 4.78 is 0. The highest BCUT2D eigenvalue weighted by Gasteiger charge is 2.29. The van der Waals surface area contributed by atoms with Crippen molar-refractivity contribution in [2.24, 2.45) is 0 Å². The van der Waals surface area contributed by atoms with Crippen molar-refractivity contribution in [2.45, 2.75) is 0 Å². The Bertz CT molecular complexity index is 564. The van der Waals surface area contributed by atoms with E-state index in [1.54, 1.807) is 36.4 Å². The van der Waals surface area contributed by atoms with E-state index in [-0.39, 0.29) is 5.78 Å². The summed E-state index contributed by atoms with van der Waals surface area (Å²) in [6.45, 7) is 0. The van der Waals surface area contributed by atoms with Crippen LogP contribution in [0.2, 0.25) is 0 Å². The Morgan fingerprint density at radius 1 is 0.750 bits per heavy atom. The van der Waals surface area contributed by atoms with Crippen LogP contribution in [0.3, 0.4) is 0 Å². The van der Waals surface area contributed by atoms with Crippen LogP contribution in [0.1, 0.15) is 15.9 Å². The number of rotatable bonds is 0. The van der Waals surface area contributed by atoms with Gasteiger partial charge in [-0.15, -0.1) is 0 Å². The molecule has 1 aliphatic carbocycles. The zero-order chi connectivity index (χ0) is 11.3. The first-order valence-corrected chi connectivity index (χ1v) is 5.02. The van der Waals surface area contributed by atoms with Crippen LogP contribution in [-0.4, -0.2) is 5.78 Å². The minimum absolute atomic E-state index is 0.00426. The topological polar surface area (TPSA) is 69.1 Å². The third kappa shape index (κ3) is 0.945. The van der Waals surface area contributed by atoms with Gasteiger partial charge in [-0.3, -0.25) is 4.79 Å². The number of anilines is 2. The smallest absolute Gasteiger partial charge is 0.194 e. The second kappa shape index (κ2) is 2.85. The van der Waals surface area contributed by atoms with Gasteiger partial charge in [0.1, 0.15) is 0 Å². The van der Waals surface area contributed by atoms with Crippen LogP contribution in [0.15, 0.2) is 36.4 Å². The quantitative estimate of drug-likeness (QED) is 0.558. The van der Waals surface area contributed by atoms with Gasteiger partial charge in [0.15, 0.2) is 5.78 Å². The number of carbonyl (C=O) groups is 1. The molecule has 16 heavy (non-hydrogen) atoms. The number of nitrogens with two attached hydrogens (primary N) is 2. The van der Waals surface area contributed by atoms with Gasteiger partial charge in [-0.25, -0.2) is 0 Å². The number of carbonyl (C=O) groups excluding carboxylic acids is 1. The summed E-state index contributed by atoms with van der Waals surface area (Å²) in [4.78, 5) is 12.1. The molecular weight excluding hydrogens is 200 g/mol. The lowest BCUT2D eigenvalue weighted by molar-refractivity contribution is 0.104. The molecule has 0 amide bonds. The van der Waals surface area contributed by atoms with E-state index < -0.39 is 0 Å². The average Bonchev–Trinajstić information content (AvgIpc) is 2.56. The maximum atomic E-state index is 12.1. The lowest BCUT2D eigenvalue weighted by Crippen LogP contribution is -1.95. The zero-order valence-corrected chi connectivity index (χ0v) is 8.53. The van der Waals surface area contributed by atoms with Crippen LogP contribution in [0.25, 0.3) is 11.1 Å². The molecule has 0 bridgehead atoms. The molecule has 2 aromatic carbocycles. The van der Waals surface area contributed by atoms with Gasteiger partial charge in [-0.1, -0.05) is 24.3 Å². The second-order valence-corrected chi connectivity index (χ2v) is 3.87. The van der Waals surface area contributed by atoms with E-state index >= 15 is 0 Å². The summed E-state index contributed by atoms with van der Waals surface area (Å²) in [5, 5.41) is 0. The molecule has 3 heteroatoms. The van der Waals surface area contributed by atoms with Gasteiger partial charge in [-0.2, -0.15) is 0 Å². The fourth-order valence-electron chi connectivity index (χ4n) is 2.22. The van der Waals surface area contributed by atoms with Crippen LogP contribution < -0.4 is 11.5 Å². The third-order valence-electron chi connectivity index (χ3n) is 2.93. The monoisotopic (exact) mass is 210 g/mol. The van der Waals surface area contributed by atoms with Crippen molar-refractivity contribution in [1.82, 2.24) is 0 Å². The second-order valence-electron chi connectivity index (χ2n) is 3.87. The van der Waals surface area contributed by atoms with Crippen molar-refractivity contribution in [2.75, 3.05) is 11.5 Å². The molecule has 0 aliphatic heterocycles. The molecule has 0 saturated carbocycles. The van der Waals surface area contributed by atoms with Crippen LogP contribution in [-0.2, 0) is 0 Å². The van der Waals surface area contributed by atoms with Crippen LogP contribution in [0.5, 0.6) is 0 Å². The van der Waals surface area contributed by atoms with Gasteiger partial charge in [0, 0.05) is 33.6 Å². The first kappa shape index (κ1) is 8.97. The van der Waals surface area contributed by atoms with E-state index in [1.165, 1.54) is 0 Å². The molecule has 4 N–H and O–H groups in total. The van der Waals surface area contributed by atoms with Gasteiger partial charge < -0.3 is 11.5 Å². The maximum absolute atomic E-state index is 12.1. The van der Waals surface area contributed by atoms with Crippen molar-refractivity contribution in [3.05, 3.63) is 47.5 Å². The Labute approximate surface area is 92.7 Å². The Balaban J connectivity index is 2.48. The summed E-state index contributed by atoms with van der Waals surface area (Å²) in [5.74, 6) is 0.00426. The third-order valence-corrected chi connectivity index (χ3v) is 2.93. The molecule has 0 saturated heterocycles. The fraction of sp³-hybridized carbons (Fsp3) is 0. The number of fused-ring (bicyclic) bond motifs is 3. The van der Waals surface area contributed by atoms with Gasteiger partial charge >= 0.3 is 0 Å². The summed E-state index contributed by atoms with van der Waals surface area (Å²) in [6, 6.07) is 10.7. The molecule has 0 radical (unpaired) electrons. The predicted octanol–water partition coefficient (Wildman–Crippen LogP) is 2.06. The van der Waals surface area contributed by atoms with Crippen molar-refractivity contribution in [1.29, 1.82) is 0 Å². The molecule has 0 spiro atoms. The number of nitrogen functional groups attached to an aromatic ring is 2. The van der Waals surface area contributed by atoms with Crippen molar-refractivity contribution < 1.29 is 4.79 Å². The van der Waals surface area contributed by atoms with Gasteiger partial charge in [0.2, 0.25) is 0 Å². The standard InChI is InChI=1S/C13H10N2O/c14-9-5-1-3-7-11(9)12-8(13(7)16)4-2-6-10(12)15/h1-6H,14-15H2. The zero-order valence-electron chi connectivity index (χ0n) is 8.53. The molecule has 78 valence electrons. The average molecular weight is 210 g/mol. The molecule has 1 aliphatic rings. The Morgan fingerprint density at radius 3 is 1.62 bits per heavy atom. The van der Waals surface area contributed by atoms with Crippen molar-refractivity contribution in [3.63, 3.8) is 0 Å². The molecular formula is C13H10N2O. The molecule has 3 nitrogen and oxygen atoms in total. The molecule has 2 aromatic rings. The lowest BCUT2D eigenvalue weighted by atomic mass is 10.0. The van der Waals surface area contributed by atoms with Gasteiger partial charge in [0.25, 0.3) is 0 Å². The highest BCUT2D eigenvalue weighted by atomic mass is 16.1. The normalized spacial score (nSPS) is 12.4. The fourth-order valence-corrected chi connectivity index (χ4v) is 2.22. The number of ketones is 1. The summed E-state index contributed by atoms with van der Waals surface area (Å²) in [5.41, 5.74) is 15.9. The Kier molecular flexibility index (Phi) is 1.60. The lowest BCUT2D eigenvalue weighted by Gasteiger charge is -2.06. The summed E-state index contributed by atoms with van der Waals surface area (Å²) >= 11 is 0. The van der Waals surface area contributed by atoms with Gasteiger partial charge in [0.05, 0.1) is 0 Å². The SMILES string of the molecule is Nc1cccc2c1-c1c(N)cccc1C2=O. The number of hydrogen-bond acceptors (Lipinski definition) is 3. The van der Waals surface area contributed by atoms with Crippen molar-refractivity contribution in [3.8, 4) is 11.1 Å². The number of hydrogen-bond donors (Lipinski definition) is 2. The maximum Gasteiger partial charge on any atom is 0.194 e. The largest absolute Gasteiger partial charge is 0.398 e. The van der Waals surface area contributed by atoms with E-state index in [1.807, 2.05) is 0 Å². The first-order valence-electron chi connectivity index (χ1n) is 5.02. The molecule has 0 atom stereocenters. The van der Waals surface area contributed by atoms with E-state index in [4.69, 9.17) is 11.5 Å². The van der Waals surface area contributed by atoms with E-state index in [0.717, 1.165) is 11.1 Å². The summed E-state index contributed by atoms with van der Waals surface area (Å²) in [6.07, 6.45) is 0. The van der Waals surface area contributed by atoms with Crippen LogP contribution in [0, 0.1) is 0 Å². The molecule has 0 fully saturated rings. The minimum atomic E-state index is 0.00426. The van der Waals surface area contributed by atoms with E-state index in [2.05, 4.69) is 0 Å². The van der Waals surface area contributed by atoms with Crippen LogP contribution >= 0.6 is 0 Å². The minimum Gasteiger partial charge on any atom is -0.398 e. The Hall–Kier alpha value is -2.29. The molecule has 0 heterocycles. The Morgan fingerprint density at radius 2 is 1.19 bits per heavy atom. The summed E-state index contributed by atoms with van der Waals surface area (Å²) in [7, 11) is 0. The first-order chi connectivity index (χ1) is 7.70. The molecule has 0 aromatic heterocycles. The van der Waals surface area contributed by atoms with E-state index in [0.29, 0.717) is 22.5 Å². The highest BCUT2D eigenvalue weighted by Crippen LogP contribution is 2.43. The predicted molar refractivity (Wildman–Crippen MR) is 64.1 cm³/mol. The van der Waals surface area contributed by atoms with Gasteiger partial charge in [-0.05, 0) is 12.1 Å². The number of benzene rings is 2. The van der Waals surface area contributed by atoms with Crippen LogP contribution in [0.4, 0.5) is 11.4 Å².